The van der Waals surface area contributed by atoms with E-state index >= 15 is 0 Å². The first-order chi connectivity index (χ1) is 11.1. The quantitative estimate of drug-likeness (QED) is 0.722. The molecule has 4 N–H and O–H groups in total. The van der Waals surface area contributed by atoms with Crippen molar-refractivity contribution >= 4 is 22.3 Å². The fourth-order valence-electron chi connectivity index (χ4n) is 2.59. The number of rotatable bonds is 3. The number of nitrogens with zero attached hydrogens (tertiary/aromatic N) is 2. The largest absolute Gasteiger partial charge is 0.493 e. The van der Waals surface area contributed by atoms with E-state index in [1.807, 2.05) is 31.2 Å². The number of methoxy groups -OCH3 is 2. The predicted octanol–water partition coefficient (Wildman–Crippen LogP) is 2.79. The van der Waals surface area contributed by atoms with Gasteiger partial charge in [-0.1, -0.05) is 6.07 Å². The number of nitrogen functional groups attached to an aromatic ring is 2. The lowest BCUT2D eigenvalue weighted by atomic mass is 10.00. The second-order valence-corrected chi connectivity index (χ2v) is 5.21. The van der Waals surface area contributed by atoms with E-state index in [2.05, 4.69) is 9.97 Å². The fraction of sp³-hybridized carbons (Fsp3) is 0.176. The zero-order chi connectivity index (χ0) is 16.6. The topological polar surface area (TPSA) is 96.3 Å². The summed E-state index contributed by atoms with van der Waals surface area (Å²) in [6.07, 6.45) is 1.49. The Morgan fingerprint density at radius 1 is 0.957 bits per heavy atom. The van der Waals surface area contributed by atoms with Gasteiger partial charge in [-0.15, -0.1) is 0 Å². The molecule has 2 aromatic carbocycles. The van der Waals surface area contributed by atoms with Crippen LogP contribution in [0.1, 0.15) is 5.56 Å². The first-order valence-corrected chi connectivity index (χ1v) is 7.08. The van der Waals surface area contributed by atoms with Gasteiger partial charge >= 0.3 is 0 Å². The molecule has 0 radical (unpaired) electrons. The summed E-state index contributed by atoms with van der Waals surface area (Å²) in [5, 5.41) is 0.800. The van der Waals surface area contributed by atoms with Gasteiger partial charge in [0.25, 0.3) is 0 Å². The second-order valence-electron chi connectivity index (χ2n) is 5.21. The Labute approximate surface area is 134 Å². The first kappa shape index (κ1) is 14.9. The van der Waals surface area contributed by atoms with Crippen LogP contribution in [0.3, 0.4) is 0 Å². The maximum Gasteiger partial charge on any atom is 0.162 e. The molecule has 0 aliphatic rings. The molecule has 0 amide bonds. The Bertz CT molecular complexity index is 893. The molecule has 118 valence electrons. The van der Waals surface area contributed by atoms with Crippen LogP contribution >= 0.6 is 0 Å². The molecular formula is C17H18N4O2. The molecule has 0 spiro atoms. The van der Waals surface area contributed by atoms with E-state index in [1.165, 1.54) is 6.33 Å². The zero-order valence-corrected chi connectivity index (χ0v) is 13.3. The smallest absolute Gasteiger partial charge is 0.162 e. The van der Waals surface area contributed by atoms with E-state index in [-0.39, 0.29) is 0 Å². The van der Waals surface area contributed by atoms with Gasteiger partial charge in [-0.25, -0.2) is 9.97 Å². The number of nitrogens with two attached hydrogens (primary N) is 2. The number of hydrogen-bond donors (Lipinski definition) is 2. The molecule has 1 aromatic heterocycles. The van der Waals surface area contributed by atoms with Gasteiger partial charge in [-0.2, -0.15) is 0 Å². The number of benzene rings is 2. The molecule has 0 aliphatic carbocycles. The lowest BCUT2D eigenvalue weighted by molar-refractivity contribution is 0.356. The highest BCUT2D eigenvalue weighted by Crippen LogP contribution is 2.39. The Morgan fingerprint density at radius 3 is 2.35 bits per heavy atom. The van der Waals surface area contributed by atoms with Gasteiger partial charge in [0.05, 0.1) is 25.4 Å². The highest BCUT2D eigenvalue weighted by molar-refractivity contribution is 6.00. The van der Waals surface area contributed by atoms with Gasteiger partial charge in [-0.05, 0) is 24.6 Å². The van der Waals surface area contributed by atoms with Crippen molar-refractivity contribution in [3.8, 4) is 22.8 Å². The molecule has 6 nitrogen and oxygen atoms in total. The zero-order valence-electron chi connectivity index (χ0n) is 13.3. The molecule has 0 atom stereocenters. The average Bonchev–Trinajstić information content (AvgIpc) is 2.57. The third kappa shape index (κ3) is 2.38. The van der Waals surface area contributed by atoms with Gasteiger partial charge in [0.1, 0.15) is 6.33 Å². The minimum atomic E-state index is 0.572. The Morgan fingerprint density at radius 2 is 1.65 bits per heavy atom. The average molecular weight is 310 g/mol. The summed E-state index contributed by atoms with van der Waals surface area (Å²) < 4.78 is 10.7. The monoisotopic (exact) mass is 310 g/mol. The number of anilines is 2. The van der Waals surface area contributed by atoms with Crippen LogP contribution in [0, 0.1) is 6.92 Å². The maximum atomic E-state index is 6.24. The van der Waals surface area contributed by atoms with Gasteiger partial charge in [0, 0.05) is 28.4 Å². The van der Waals surface area contributed by atoms with E-state index < -0.39 is 0 Å². The molecule has 0 fully saturated rings. The molecule has 1 heterocycles. The van der Waals surface area contributed by atoms with E-state index in [0.29, 0.717) is 34.1 Å². The van der Waals surface area contributed by atoms with Gasteiger partial charge in [0.2, 0.25) is 0 Å². The summed E-state index contributed by atoms with van der Waals surface area (Å²) in [6.45, 7) is 1.94. The fourth-order valence-corrected chi connectivity index (χ4v) is 2.59. The van der Waals surface area contributed by atoms with Crippen LogP contribution in [0.25, 0.3) is 22.2 Å². The summed E-state index contributed by atoms with van der Waals surface area (Å²) in [5.41, 5.74) is 16.6. The molecule has 6 heteroatoms. The van der Waals surface area contributed by atoms with Gasteiger partial charge in [0.15, 0.2) is 11.5 Å². The van der Waals surface area contributed by atoms with Crippen LogP contribution < -0.4 is 20.9 Å². The van der Waals surface area contributed by atoms with Crippen molar-refractivity contribution in [3.63, 3.8) is 0 Å². The highest BCUT2D eigenvalue weighted by Gasteiger charge is 2.16. The van der Waals surface area contributed by atoms with Crippen molar-refractivity contribution in [1.82, 2.24) is 9.97 Å². The molecular weight excluding hydrogens is 292 g/mol. The first-order valence-electron chi connectivity index (χ1n) is 7.08. The molecule has 0 saturated heterocycles. The summed E-state index contributed by atoms with van der Waals surface area (Å²) >= 11 is 0. The van der Waals surface area contributed by atoms with E-state index in [1.54, 1.807) is 14.2 Å². The normalized spacial score (nSPS) is 10.7. The number of fused-ring (bicyclic) bond motifs is 1. The summed E-state index contributed by atoms with van der Waals surface area (Å²) in [6, 6.07) is 7.36. The van der Waals surface area contributed by atoms with E-state index in [4.69, 9.17) is 20.9 Å². The second kappa shape index (κ2) is 5.64. The summed E-state index contributed by atoms with van der Waals surface area (Å²) in [5.74, 6) is 1.20. The third-order valence-electron chi connectivity index (χ3n) is 3.87. The standard InChI is InChI=1S/C17H18N4O2/c1-9-4-5-11(18)15(16(9)19)17-10-6-13(22-2)14(23-3)7-12(10)20-8-21-17/h4-8H,18-19H2,1-3H3. The van der Waals surface area contributed by atoms with Crippen LogP contribution in [0.4, 0.5) is 11.4 Å². The lowest BCUT2D eigenvalue weighted by Gasteiger charge is -2.14. The minimum absolute atomic E-state index is 0.572. The van der Waals surface area contributed by atoms with Crippen LogP contribution in [-0.4, -0.2) is 24.2 Å². The van der Waals surface area contributed by atoms with Crippen molar-refractivity contribution in [2.75, 3.05) is 25.7 Å². The van der Waals surface area contributed by atoms with E-state index in [9.17, 15) is 0 Å². The summed E-state index contributed by atoms with van der Waals surface area (Å²) in [7, 11) is 3.17. The SMILES string of the molecule is COc1cc2ncnc(-c3c(N)ccc(C)c3N)c2cc1OC. The predicted molar refractivity (Wildman–Crippen MR) is 91.6 cm³/mol. The summed E-state index contributed by atoms with van der Waals surface area (Å²) in [4.78, 5) is 8.71. The van der Waals surface area contributed by atoms with Crippen LogP contribution in [0.15, 0.2) is 30.6 Å². The van der Waals surface area contributed by atoms with Gasteiger partial charge in [-0.3, -0.25) is 0 Å². The Hall–Kier alpha value is -3.02. The van der Waals surface area contributed by atoms with Crippen LogP contribution in [-0.2, 0) is 0 Å². The molecule has 0 aliphatic heterocycles. The molecule has 3 aromatic rings. The molecule has 23 heavy (non-hydrogen) atoms. The Kier molecular flexibility index (Phi) is 3.65. The van der Waals surface area contributed by atoms with Crippen molar-refractivity contribution < 1.29 is 9.47 Å². The van der Waals surface area contributed by atoms with Gasteiger partial charge < -0.3 is 20.9 Å². The van der Waals surface area contributed by atoms with Crippen LogP contribution in [0.5, 0.6) is 11.5 Å². The van der Waals surface area contributed by atoms with Crippen molar-refractivity contribution in [2.45, 2.75) is 6.92 Å². The molecule has 0 unspecified atom stereocenters. The van der Waals surface area contributed by atoms with Crippen molar-refractivity contribution in [2.24, 2.45) is 0 Å². The van der Waals surface area contributed by atoms with Crippen molar-refractivity contribution in [1.29, 1.82) is 0 Å². The van der Waals surface area contributed by atoms with Crippen molar-refractivity contribution in [3.05, 3.63) is 36.2 Å². The molecule has 0 saturated carbocycles. The lowest BCUT2D eigenvalue weighted by Crippen LogP contribution is -2.01. The molecule has 0 bridgehead atoms. The number of hydrogen-bond acceptors (Lipinski definition) is 6. The van der Waals surface area contributed by atoms with Crippen LogP contribution in [0.2, 0.25) is 0 Å². The minimum Gasteiger partial charge on any atom is -0.493 e. The number of aryl methyl sites for hydroxylation is 1. The van der Waals surface area contributed by atoms with E-state index in [0.717, 1.165) is 16.5 Å². The third-order valence-corrected chi connectivity index (χ3v) is 3.87. The highest BCUT2D eigenvalue weighted by atomic mass is 16.5. The number of aromatic nitrogens is 2. The Balaban J connectivity index is 2.37. The molecule has 3 rings (SSSR count). The maximum absolute atomic E-state index is 6.24. The number of ether oxygens (including phenoxy) is 2.